The van der Waals surface area contributed by atoms with Gasteiger partial charge in [0.2, 0.25) is 0 Å². The maximum atomic E-state index is 12.1. The molecule has 124 valence electrons. The van der Waals surface area contributed by atoms with E-state index in [-0.39, 0.29) is 24.9 Å². The molecule has 22 heavy (non-hydrogen) atoms. The molecular formula is C15H22F2N2O3. The van der Waals surface area contributed by atoms with Gasteiger partial charge in [-0.2, -0.15) is 8.78 Å². The summed E-state index contributed by atoms with van der Waals surface area (Å²) in [7, 11) is 0. The first-order valence-electron chi connectivity index (χ1n) is 7.09. The highest BCUT2D eigenvalue weighted by Gasteiger charge is 2.23. The molecule has 0 spiro atoms. The Balaban J connectivity index is 2.53. The Bertz CT molecular complexity index is 486. The Kier molecular flexibility index (Phi) is 7.04. The minimum Gasteiger partial charge on any atom is -0.435 e. The molecule has 1 rings (SSSR count). The van der Waals surface area contributed by atoms with E-state index in [1.807, 2.05) is 13.8 Å². The zero-order chi connectivity index (χ0) is 16.6. The molecule has 2 amide bonds. The summed E-state index contributed by atoms with van der Waals surface area (Å²) in [6.07, 6.45) is 1.13. The third kappa shape index (κ3) is 6.26. The van der Waals surface area contributed by atoms with Gasteiger partial charge in [0.15, 0.2) is 0 Å². The van der Waals surface area contributed by atoms with Gasteiger partial charge in [-0.15, -0.1) is 0 Å². The van der Waals surface area contributed by atoms with E-state index in [2.05, 4.69) is 15.4 Å². The molecule has 0 aromatic heterocycles. The lowest BCUT2D eigenvalue weighted by Gasteiger charge is -2.29. The SMILES string of the molecule is CCC(C)(CCO)NC(=O)NCc1cccc(OC(F)F)c1. The summed E-state index contributed by atoms with van der Waals surface area (Å²) in [5.74, 6) is 0.0494. The number of aliphatic hydroxyl groups is 1. The van der Waals surface area contributed by atoms with Gasteiger partial charge in [0.25, 0.3) is 0 Å². The Labute approximate surface area is 128 Å². The van der Waals surface area contributed by atoms with Crippen molar-refractivity contribution in [3.05, 3.63) is 29.8 Å². The van der Waals surface area contributed by atoms with Crippen molar-refractivity contribution >= 4 is 6.03 Å². The van der Waals surface area contributed by atoms with E-state index in [1.54, 1.807) is 12.1 Å². The van der Waals surface area contributed by atoms with Crippen LogP contribution in [0.15, 0.2) is 24.3 Å². The van der Waals surface area contributed by atoms with Crippen LogP contribution in [-0.2, 0) is 6.54 Å². The second kappa shape index (κ2) is 8.53. The van der Waals surface area contributed by atoms with Gasteiger partial charge in [0.05, 0.1) is 0 Å². The van der Waals surface area contributed by atoms with Crippen molar-refractivity contribution in [2.24, 2.45) is 0 Å². The summed E-state index contributed by atoms with van der Waals surface area (Å²) in [6, 6.07) is 5.77. The Hall–Kier alpha value is -1.89. The first-order valence-corrected chi connectivity index (χ1v) is 7.09. The quantitative estimate of drug-likeness (QED) is 0.690. The van der Waals surface area contributed by atoms with Crippen LogP contribution in [0.2, 0.25) is 0 Å². The third-order valence-corrected chi connectivity index (χ3v) is 3.44. The number of nitrogens with one attached hydrogen (secondary N) is 2. The molecule has 0 saturated carbocycles. The number of aliphatic hydroxyl groups excluding tert-OH is 1. The summed E-state index contributed by atoms with van der Waals surface area (Å²) in [5.41, 5.74) is 0.160. The van der Waals surface area contributed by atoms with E-state index < -0.39 is 12.2 Å². The number of halogens is 2. The zero-order valence-corrected chi connectivity index (χ0v) is 12.7. The number of carbonyl (C=O) groups excluding carboxylic acids is 1. The van der Waals surface area contributed by atoms with Gasteiger partial charge in [-0.05, 0) is 37.5 Å². The molecule has 0 aliphatic carbocycles. The first kappa shape index (κ1) is 18.2. The summed E-state index contributed by atoms with van der Waals surface area (Å²) in [6.45, 7) is 1.05. The number of urea groups is 1. The molecule has 3 N–H and O–H groups in total. The maximum absolute atomic E-state index is 12.1. The van der Waals surface area contributed by atoms with Gasteiger partial charge in [-0.25, -0.2) is 4.79 Å². The second-order valence-electron chi connectivity index (χ2n) is 5.22. The van der Waals surface area contributed by atoms with Crippen LogP contribution in [0.4, 0.5) is 13.6 Å². The molecule has 0 aliphatic heterocycles. The Morgan fingerprint density at radius 2 is 2.18 bits per heavy atom. The summed E-state index contributed by atoms with van der Waals surface area (Å²) >= 11 is 0. The van der Waals surface area contributed by atoms with E-state index in [0.717, 1.165) is 0 Å². The number of alkyl halides is 2. The number of rotatable bonds is 8. The number of hydrogen-bond donors (Lipinski definition) is 3. The topological polar surface area (TPSA) is 70.6 Å². The second-order valence-corrected chi connectivity index (χ2v) is 5.22. The third-order valence-electron chi connectivity index (χ3n) is 3.44. The van der Waals surface area contributed by atoms with Crippen LogP contribution in [-0.4, -0.2) is 29.9 Å². The van der Waals surface area contributed by atoms with E-state index in [9.17, 15) is 13.6 Å². The van der Waals surface area contributed by atoms with Gasteiger partial charge < -0.3 is 20.5 Å². The standard InChI is InChI=1S/C15H22F2N2O3/c1-3-15(2,7-8-20)19-14(21)18-10-11-5-4-6-12(9-11)22-13(16)17/h4-6,9,13,20H,3,7-8,10H2,1-2H3,(H2,18,19,21). The van der Waals surface area contributed by atoms with Crippen LogP contribution >= 0.6 is 0 Å². The average molecular weight is 316 g/mol. The molecule has 5 nitrogen and oxygen atoms in total. The minimum atomic E-state index is -2.88. The van der Waals surface area contributed by atoms with Crippen LogP contribution in [0.3, 0.4) is 0 Å². The minimum absolute atomic E-state index is 0.0162. The van der Waals surface area contributed by atoms with Crippen molar-refractivity contribution in [1.29, 1.82) is 0 Å². The molecule has 0 heterocycles. The highest BCUT2D eigenvalue weighted by Crippen LogP contribution is 2.16. The predicted molar refractivity (Wildman–Crippen MR) is 78.8 cm³/mol. The van der Waals surface area contributed by atoms with Crippen molar-refractivity contribution in [2.75, 3.05) is 6.61 Å². The maximum Gasteiger partial charge on any atom is 0.387 e. The van der Waals surface area contributed by atoms with E-state index in [1.165, 1.54) is 12.1 Å². The molecule has 0 fully saturated rings. The zero-order valence-electron chi connectivity index (χ0n) is 12.7. The number of hydrogen-bond acceptors (Lipinski definition) is 3. The van der Waals surface area contributed by atoms with Crippen LogP contribution in [0.25, 0.3) is 0 Å². The molecule has 0 radical (unpaired) electrons. The number of carbonyl (C=O) groups is 1. The average Bonchev–Trinajstić information content (AvgIpc) is 2.45. The van der Waals surface area contributed by atoms with Crippen LogP contribution in [0.1, 0.15) is 32.3 Å². The molecule has 7 heteroatoms. The first-order chi connectivity index (χ1) is 10.4. The lowest BCUT2D eigenvalue weighted by Crippen LogP contribution is -2.50. The molecule has 0 saturated heterocycles. The smallest absolute Gasteiger partial charge is 0.387 e. The van der Waals surface area contributed by atoms with Crippen molar-refractivity contribution in [1.82, 2.24) is 10.6 Å². The lowest BCUT2D eigenvalue weighted by atomic mass is 9.95. The molecule has 1 atom stereocenters. The van der Waals surface area contributed by atoms with Gasteiger partial charge in [0, 0.05) is 18.7 Å². The van der Waals surface area contributed by atoms with Crippen LogP contribution in [0.5, 0.6) is 5.75 Å². The van der Waals surface area contributed by atoms with E-state index >= 15 is 0 Å². The fourth-order valence-corrected chi connectivity index (χ4v) is 1.91. The summed E-state index contributed by atoms with van der Waals surface area (Å²) in [4.78, 5) is 11.9. The molecule has 1 aromatic rings. The van der Waals surface area contributed by atoms with Gasteiger partial charge >= 0.3 is 12.6 Å². The van der Waals surface area contributed by atoms with E-state index in [4.69, 9.17) is 5.11 Å². The Morgan fingerprint density at radius 3 is 2.77 bits per heavy atom. The van der Waals surface area contributed by atoms with Crippen LogP contribution in [0, 0.1) is 0 Å². The molecule has 1 aromatic carbocycles. The fourth-order valence-electron chi connectivity index (χ4n) is 1.91. The predicted octanol–water partition coefficient (Wildman–Crippen LogP) is 2.64. The molecule has 0 aliphatic rings. The normalized spacial score (nSPS) is 13.5. The number of benzene rings is 1. The largest absolute Gasteiger partial charge is 0.435 e. The molecule has 0 bridgehead atoms. The number of ether oxygens (including phenoxy) is 1. The highest BCUT2D eigenvalue weighted by atomic mass is 19.3. The van der Waals surface area contributed by atoms with Crippen LogP contribution < -0.4 is 15.4 Å². The monoisotopic (exact) mass is 316 g/mol. The van der Waals surface area contributed by atoms with Crippen molar-refractivity contribution in [3.8, 4) is 5.75 Å². The van der Waals surface area contributed by atoms with Crippen molar-refractivity contribution < 1.29 is 23.4 Å². The van der Waals surface area contributed by atoms with Gasteiger partial charge in [-0.3, -0.25) is 0 Å². The van der Waals surface area contributed by atoms with E-state index in [0.29, 0.717) is 18.4 Å². The lowest BCUT2D eigenvalue weighted by molar-refractivity contribution is -0.0498. The molecular weight excluding hydrogens is 294 g/mol. The van der Waals surface area contributed by atoms with Crippen molar-refractivity contribution in [2.45, 2.75) is 45.4 Å². The van der Waals surface area contributed by atoms with Gasteiger partial charge in [0.1, 0.15) is 5.75 Å². The molecule has 1 unspecified atom stereocenters. The number of amides is 2. The van der Waals surface area contributed by atoms with Gasteiger partial charge in [-0.1, -0.05) is 19.1 Å². The summed E-state index contributed by atoms with van der Waals surface area (Å²) in [5, 5.41) is 14.5. The highest BCUT2D eigenvalue weighted by molar-refractivity contribution is 5.74. The fraction of sp³-hybridized carbons (Fsp3) is 0.533. The Morgan fingerprint density at radius 1 is 1.45 bits per heavy atom. The summed E-state index contributed by atoms with van der Waals surface area (Å²) < 4.78 is 28.6. The van der Waals surface area contributed by atoms with Crippen molar-refractivity contribution in [3.63, 3.8) is 0 Å².